The molecule has 1 aromatic heterocycles. The minimum Gasteiger partial charge on any atom is -0.469 e. The van der Waals surface area contributed by atoms with Crippen molar-refractivity contribution in [1.29, 1.82) is 0 Å². The summed E-state index contributed by atoms with van der Waals surface area (Å²) in [7, 11) is 0. The molecule has 1 aliphatic rings. The largest absolute Gasteiger partial charge is 0.469 e. The maximum atomic E-state index is 5.41. The van der Waals surface area contributed by atoms with Crippen LogP contribution in [0.5, 0.6) is 0 Å². The normalized spacial score (nSPS) is 24.9. The predicted octanol–water partition coefficient (Wildman–Crippen LogP) is 3.55. The molecule has 0 aliphatic heterocycles. The third-order valence-corrected chi connectivity index (χ3v) is 2.93. The molecule has 3 rings (SSSR count). The summed E-state index contributed by atoms with van der Waals surface area (Å²) in [6.45, 7) is 0. The fraction of sp³-hybridized carbons (Fsp3) is 0.231. The molecule has 2 aromatic rings. The standard InChI is InChI=1S/C13H12O/c1-2-5-10(6-3-1)11-9-12(11)13-7-4-8-14-13/h1-8,11-12H,9H2. The van der Waals surface area contributed by atoms with Gasteiger partial charge < -0.3 is 4.42 Å². The van der Waals surface area contributed by atoms with Crippen LogP contribution < -0.4 is 0 Å². The number of hydrogen-bond acceptors (Lipinski definition) is 1. The third-order valence-electron chi connectivity index (χ3n) is 2.93. The smallest absolute Gasteiger partial charge is 0.107 e. The fourth-order valence-corrected chi connectivity index (χ4v) is 2.08. The molecule has 1 saturated carbocycles. The highest BCUT2D eigenvalue weighted by atomic mass is 16.3. The van der Waals surface area contributed by atoms with E-state index in [-0.39, 0.29) is 0 Å². The molecule has 0 N–H and O–H groups in total. The quantitative estimate of drug-likeness (QED) is 0.695. The van der Waals surface area contributed by atoms with Gasteiger partial charge in [-0.15, -0.1) is 0 Å². The van der Waals surface area contributed by atoms with Crippen molar-refractivity contribution < 1.29 is 4.42 Å². The molecular formula is C13H12O. The molecule has 2 atom stereocenters. The maximum absolute atomic E-state index is 5.41. The van der Waals surface area contributed by atoms with Crippen LogP contribution in [0.15, 0.2) is 53.1 Å². The van der Waals surface area contributed by atoms with E-state index in [2.05, 4.69) is 36.4 Å². The Morgan fingerprint density at radius 2 is 1.79 bits per heavy atom. The summed E-state index contributed by atoms with van der Waals surface area (Å²) in [5.74, 6) is 2.44. The predicted molar refractivity (Wildman–Crippen MR) is 55.2 cm³/mol. The molecular weight excluding hydrogens is 172 g/mol. The monoisotopic (exact) mass is 184 g/mol. The highest BCUT2D eigenvalue weighted by Gasteiger charge is 2.41. The first-order chi connectivity index (χ1) is 6.95. The first-order valence-electron chi connectivity index (χ1n) is 5.03. The number of furan rings is 1. The van der Waals surface area contributed by atoms with Crippen LogP contribution >= 0.6 is 0 Å². The Kier molecular flexibility index (Phi) is 1.69. The first-order valence-corrected chi connectivity index (χ1v) is 5.03. The van der Waals surface area contributed by atoms with Crippen LogP contribution in [0.2, 0.25) is 0 Å². The van der Waals surface area contributed by atoms with Crippen LogP contribution in [0, 0.1) is 0 Å². The van der Waals surface area contributed by atoms with Gasteiger partial charge in [-0.25, -0.2) is 0 Å². The average Bonchev–Trinajstić information content (AvgIpc) is 2.87. The summed E-state index contributed by atoms with van der Waals surface area (Å²) in [4.78, 5) is 0. The van der Waals surface area contributed by atoms with Crippen molar-refractivity contribution >= 4 is 0 Å². The Balaban J connectivity index is 1.81. The molecule has 0 amide bonds. The van der Waals surface area contributed by atoms with E-state index in [0.717, 1.165) is 5.76 Å². The Bertz CT molecular complexity index is 402. The Morgan fingerprint density at radius 1 is 0.929 bits per heavy atom. The van der Waals surface area contributed by atoms with E-state index in [9.17, 15) is 0 Å². The van der Waals surface area contributed by atoms with Gasteiger partial charge in [0.1, 0.15) is 5.76 Å². The van der Waals surface area contributed by atoms with Crippen molar-refractivity contribution in [3.05, 3.63) is 60.1 Å². The lowest BCUT2D eigenvalue weighted by atomic mass is 10.1. The molecule has 0 bridgehead atoms. The molecule has 0 radical (unpaired) electrons. The van der Waals surface area contributed by atoms with Gasteiger partial charge in [-0.1, -0.05) is 30.3 Å². The molecule has 1 fully saturated rings. The summed E-state index contributed by atoms with van der Waals surface area (Å²) in [6, 6.07) is 14.7. The zero-order valence-electron chi connectivity index (χ0n) is 7.89. The zero-order chi connectivity index (χ0) is 9.38. The first kappa shape index (κ1) is 7.86. The Labute approximate surface area is 83.4 Å². The fourth-order valence-electron chi connectivity index (χ4n) is 2.08. The van der Waals surface area contributed by atoms with Crippen molar-refractivity contribution in [3.8, 4) is 0 Å². The Hall–Kier alpha value is -1.50. The average molecular weight is 184 g/mol. The second-order valence-electron chi connectivity index (χ2n) is 3.87. The van der Waals surface area contributed by atoms with Crippen LogP contribution in [-0.2, 0) is 0 Å². The van der Waals surface area contributed by atoms with E-state index in [1.54, 1.807) is 6.26 Å². The van der Waals surface area contributed by atoms with Gasteiger partial charge in [-0.3, -0.25) is 0 Å². The van der Waals surface area contributed by atoms with E-state index in [0.29, 0.717) is 11.8 Å². The molecule has 0 saturated heterocycles. The Morgan fingerprint density at radius 3 is 2.50 bits per heavy atom. The van der Waals surface area contributed by atoms with E-state index in [1.807, 2.05) is 6.07 Å². The van der Waals surface area contributed by atoms with Gasteiger partial charge in [0.2, 0.25) is 0 Å². The van der Waals surface area contributed by atoms with Gasteiger partial charge >= 0.3 is 0 Å². The van der Waals surface area contributed by atoms with Gasteiger partial charge in [0.25, 0.3) is 0 Å². The van der Waals surface area contributed by atoms with Crippen LogP contribution in [0.25, 0.3) is 0 Å². The van der Waals surface area contributed by atoms with Crippen LogP contribution in [0.1, 0.15) is 29.6 Å². The second kappa shape index (κ2) is 3.02. The van der Waals surface area contributed by atoms with Gasteiger partial charge in [0, 0.05) is 5.92 Å². The minimum absolute atomic E-state index is 0.618. The molecule has 0 spiro atoms. The molecule has 2 unspecified atom stereocenters. The molecule has 14 heavy (non-hydrogen) atoms. The second-order valence-corrected chi connectivity index (χ2v) is 3.87. The summed E-state index contributed by atoms with van der Waals surface area (Å²) < 4.78 is 5.41. The van der Waals surface area contributed by atoms with Gasteiger partial charge in [-0.2, -0.15) is 0 Å². The molecule has 1 heteroatoms. The molecule has 1 aliphatic carbocycles. The summed E-state index contributed by atoms with van der Waals surface area (Å²) in [6.07, 6.45) is 2.99. The van der Waals surface area contributed by atoms with Crippen LogP contribution in [-0.4, -0.2) is 0 Å². The minimum atomic E-state index is 0.618. The van der Waals surface area contributed by atoms with Gasteiger partial charge in [-0.05, 0) is 30.0 Å². The highest BCUT2D eigenvalue weighted by molar-refractivity contribution is 5.32. The van der Waals surface area contributed by atoms with Crippen LogP contribution in [0.3, 0.4) is 0 Å². The summed E-state index contributed by atoms with van der Waals surface area (Å²) in [5.41, 5.74) is 1.44. The van der Waals surface area contributed by atoms with Crippen LogP contribution in [0.4, 0.5) is 0 Å². The van der Waals surface area contributed by atoms with E-state index in [4.69, 9.17) is 4.42 Å². The number of hydrogen-bond donors (Lipinski definition) is 0. The summed E-state index contributed by atoms with van der Waals surface area (Å²) >= 11 is 0. The molecule has 1 aromatic carbocycles. The number of benzene rings is 1. The SMILES string of the molecule is c1ccc(C2CC2c2ccco2)cc1. The molecule has 1 nitrogen and oxygen atoms in total. The molecule has 70 valence electrons. The van der Waals surface area contributed by atoms with Crippen molar-refractivity contribution in [3.63, 3.8) is 0 Å². The zero-order valence-corrected chi connectivity index (χ0v) is 7.89. The van der Waals surface area contributed by atoms with Crippen molar-refractivity contribution in [2.24, 2.45) is 0 Å². The lowest BCUT2D eigenvalue weighted by Crippen LogP contribution is -1.80. The topological polar surface area (TPSA) is 13.1 Å². The van der Waals surface area contributed by atoms with E-state index in [1.165, 1.54) is 12.0 Å². The van der Waals surface area contributed by atoms with Crippen molar-refractivity contribution in [1.82, 2.24) is 0 Å². The maximum Gasteiger partial charge on any atom is 0.107 e. The lowest BCUT2D eigenvalue weighted by molar-refractivity contribution is 0.509. The highest BCUT2D eigenvalue weighted by Crippen LogP contribution is 2.54. The van der Waals surface area contributed by atoms with Gasteiger partial charge in [0.05, 0.1) is 6.26 Å². The van der Waals surface area contributed by atoms with E-state index >= 15 is 0 Å². The number of rotatable bonds is 2. The van der Waals surface area contributed by atoms with Crippen molar-refractivity contribution in [2.45, 2.75) is 18.3 Å². The third kappa shape index (κ3) is 1.25. The van der Waals surface area contributed by atoms with Gasteiger partial charge in [0.15, 0.2) is 0 Å². The molecule has 1 heterocycles. The summed E-state index contributed by atoms with van der Waals surface area (Å²) in [5, 5.41) is 0. The van der Waals surface area contributed by atoms with E-state index < -0.39 is 0 Å². The lowest BCUT2D eigenvalue weighted by Gasteiger charge is -1.97. The van der Waals surface area contributed by atoms with Crippen molar-refractivity contribution in [2.75, 3.05) is 0 Å².